The Morgan fingerprint density at radius 2 is 2.22 bits per heavy atom. The second kappa shape index (κ2) is 4.98. The summed E-state index contributed by atoms with van der Waals surface area (Å²) in [5, 5.41) is 6.31. The molecule has 18 heavy (non-hydrogen) atoms. The molecule has 1 aliphatic rings. The maximum atomic E-state index is 11.2. The van der Waals surface area contributed by atoms with E-state index in [2.05, 4.69) is 31.4 Å². The van der Waals surface area contributed by atoms with Crippen LogP contribution in [0.4, 0.5) is 5.69 Å². The smallest absolute Gasteiger partial charge is 0.262 e. The molecule has 2 rings (SSSR count). The van der Waals surface area contributed by atoms with Crippen molar-refractivity contribution in [2.24, 2.45) is 0 Å². The monoisotopic (exact) mass is 248 g/mol. The first kappa shape index (κ1) is 12.9. The number of carbonyl (C=O) groups excluding carboxylic acids is 1. The topological polar surface area (TPSA) is 50.4 Å². The normalized spacial score (nSPS) is 14.7. The molecular weight excluding hydrogens is 228 g/mol. The highest BCUT2D eigenvalue weighted by Crippen LogP contribution is 2.28. The molecule has 0 fully saturated rings. The van der Waals surface area contributed by atoms with Crippen molar-refractivity contribution in [2.75, 3.05) is 11.9 Å². The van der Waals surface area contributed by atoms with Crippen molar-refractivity contribution >= 4 is 11.6 Å². The van der Waals surface area contributed by atoms with Gasteiger partial charge in [-0.15, -0.1) is 0 Å². The van der Waals surface area contributed by atoms with Gasteiger partial charge in [-0.25, -0.2) is 0 Å². The molecule has 1 heterocycles. The molecule has 98 valence electrons. The molecule has 0 saturated heterocycles. The number of carbonyl (C=O) groups is 1. The van der Waals surface area contributed by atoms with Gasteiger partial charge in [0, 0.05) is 12.1 Å². The SMILES string of the molecule is CCC(C)(C)NCc1ccc2c(c1)NC(=O)CO2. The van der Waals surface area contributed by atoms with Gasteiger partial charge in [-0.1, -0.05) is 13.0 Å². The van der Waals surface area contributed by atoms with Gasteiger partial charge in [0.1, 0.15) is 5.75 Å². The number of fused-ring (bicyclic) bond motifs is 1. The van der Waals surface area contributed by atoms with Gasteiger partial charge in [-0.2, -0.15) is 0 Å². The van der Waals surface area contributed by atoms with E-state index in [4.69, 9.17) is 4.74 Å². The molecule has 0 bridgehead atoms. The van der Waals surface area contributed by atoms with Gasteiger partial charge in [0.2, 0.25) is 0 Å². The molecule has 0 aromatic heterocycles. The third kappa shape index (κ3) is 3.01. The first-order valence-corrected chi connectivity index (χ1v) is 6.31. The maximum Gasteiger partial charge on any atom is 0.262 e. The molecule has 1 amide bonds. The lowest BCUT2D eigenvalue weighted by molar-refractivity contribution is -0.118. The van der Waals surface area contributed by atoms with Crippen LogP contribution in [0.1, 0.15) is 32.8 Å². The minimum Gasteiger partial charge on any atom is -0.482 e. The molecule has 0 saturated carbocycles. The van der Waals surface area contributed by atoms with E-state index < -0.39 is 0 Å². The van der Waals surface area contributed by atoms with E-state index in [1.165, 1.54) is 0 Å². The molecule has 0 spiro atoms. The lowest BCUT2D eigenvalue weighted by Gasteiger charge is -2.25. The van der Waals surface area contributed by atoms with E-state index in [1.54, 1.807) is 0 Å². The molecular formula is C14H20N2O2. The number of ether oxygens (including phenoxy) is 1. The summed E-state index contributed by atoms with van der Waals surface area (Å²) in [7, 11) is 0. The van der Waals surface area contributed by atoms with Gasteiger partial charge in [0.15, 0.2) is 6.61 Å². The van der Waals surface area contributed by atoms with Crippen LogP contribution in [0.2, 0.25) is 0 Å². The number of hydrogen-bond donors (Lipinski definition) is 2. The zero-order chi connectivity index (χ0) is 13.2. The van der Waals surface area contributed by atoms with Crippen LogP contribution in [0.25, 0.3) is 0 Å². The van der Waals surface area contributed by atoms with Crippen molar-refractivity contribution in [3.05, 3.63) is 23.8 Å². The molecule has 4 nitrogen and oxygen atoms in total. The molecule has 4 heteroatoms. The maximum absolute atomic E-state index is 11.2. The minimum absolute atomic E-state index is 0.0958. The van der Waals surface area contributed by atoms with Gasteiger partial charge in [-0.3, -0.25) is 4.79 Å². The molecule has 1 aromatic rings. The highest BCUT2D eigenvalue weighted by Gasteiger charge is 2.17. The average molecular weight is 248 g/mol. The highest BCUT2D eigenvalue weighted by atomic mass is 16.5. The summed E-state index contributed by atoms with van der Waals surface area (Å²) >= 11 is 0. The van der Waals surface area contributed by atoms with E-state index in [9.17, 15) is 4.79 Å². The van der Waals surface area contributed by atoms with Crippen LogP contribution in [-0.2, 0) is 11.3 Å². The van der Waals surface area contributed by atoms with Gasteiger partial charge in [0.25, 0.3) is 5.91 Å². The van der Waals surface area contributed by atoms with Crippen molar-refractivity contribution in [3.8, 4) is 5.75 Å². The second-order valence-corrected chi connectivity index (χ2v) is 5.26. The molecule has 0 unspecified atom stereocenters. The molecule has 0 radical (unpaired) electrons. The van der Waals surface area contributed by atoms with Gasteiger partial charge in [0.05, 0.1) is 5.69 Å². The Bertz CT molecular complexity index is 455. The second-order valence-electron chi connectivity index (χ2n) is 5.26. The zero-order valence-electron chi connectivity index (χ0n) is 11.2. The van der Waals surface area contributed by atoms with E-state index in [1.807, 2.05) is 18.2 Å². The predicted octanol–water partition coefficient (Wildman–Crippen LogP) is 2.30. The third-order valence-electron chi connectivity index (χ3n) is 3.33. The molecule has 0 atom stereocenters. The summed E-state index contributed by atoms with van der Waals surface area (Å²) in [5.41, 5.74) is 2.02. The number of nitrogens with one attached hydrogen (secondary N) is 2. The standard InChI is InChI=1S/C14H20N2O2/c1-4-14(2,3)15-8-10-5-6-12-11(7-10)16-13(17)9-18-12/h5-7,15H,4,8-9H2,1-3H3,(H,16,17). The fraction of sp³-hybridized carbons (Fsp3) is 0.500. The summed E-state index contributed by atoms with van der Waals surface area (Å²) < 4.78 is 5.32. The Balaban J connectivity index is 2.07. The fourth-order valence-corrected chi connectivity index (χ4v) is 1.71. The lowest BCUT2D eigenvalue weighted by Crippen LogP contribution is -2.37. The number of anilines is 1. The molecule has 0 aliphatic carbocycles. The number of benzene rings is 1. The van der Waals surface area contributed by atoms with Crippen LogP contribution in [0.5, 0.6) is 5.75 Å². The molecule has 1 aromatic carbocycles. The average Bonchev–Trinajstić information content (AvgIpc) is 2.36. The molecule has 2 N–H and O–H groups in total. The van der Waals surface area contributed by atoms with Gasteiger partial charge in [-0.05, 0) is 38.0 Å². The van der Waals surface area contributed by atoms with E-state index >= 15 is 0 Å². The zero-order valence-corrected chi connectivity index (χ0v) is 11.2. The lowest BCUT2D eigenvalue weighted by atomic mass is 10.0. The van der Waals surface area contributed by atoms with Crippen molar-refractivity contribution in [1.29, 1.82) is 0 Å². The minimum atomic E-state index is -0.0958. The number of hydrogen-bond acceptors (Lipinski definition) is 3. The first-order valence-electron chi connectivity index (χ1n) is 6.31. The van der Waals surface area contributed by atoms with Crippen LogP contribution in [0.15, 0.2) is 18.2 Å². The number of amides is 1. The van der Waals surface area contributed by atoms with E-state index in [0.717, 1.165) is 30.0 Å². The largest absolute Gasteiger partial charge is 0.482 e. The first-order chi connectivity index (χ1) is 8.50. The van der Waals surface area contributed by atoms with Crippen LogP contribution in [0, 0.1) is 0 Å². The van der Waals surface area contributed by atoms with Crippen molar-refractivity contribution in [2.45, 2.75) is 39.3 Å². The van der Waals surface area contributed by atoms with Crippen molar-refractivity contribution < 1.29 is 9.53 Å². The Morgan fingerprint density at radius 3 is 2.94 bits per heavy atom. The van der Waals surface area contributed by atoms with Crippen LogP contribution >= 0.6 is 0 Å². The summed E-state index contributed by atoms with van der Waals surface area (Å²) in [6, 6.07) is 5.89. The van der Waals surface area contributed by atoms with Crippen LogP contribution in [-0.4, -0.2) is 18.1 Å². The summed E-state index contributed by atoms with van der Waals surface area (Å²) in [5.74, 6) is 0.648. The Labute approximate surface area is 108 Å². The quantitative estimate of drug-likeness (QED) is 0.859. The van der Waals surface area contributed by atoms with E-state index in [-0.39, 0.29) is 18.1 Å². The summed E-state index contributed by atoms with van der Waals surface area (Å²) in [4.78, 5) is 11.2. The Morgan fingerprint density at radius 1 is 1.44 bits per heavy atom. The predicted molar refractivity (Wildman–Crippen MR) is 71.8 cm³/mol. The van der Waals surface area contributed by atoms with Crippen molar-refractivity contribution in [3.63, 3.8) is 0 Å². The Kier molecular flexibility index (Phi) is 3.57. The van der Waals surface area contributed by atoms with Gasteiger partial charge >= 0.3 is 0 Å². The highest BCUT2D eigenvalue weighted by molar-refractivity contribution is 5.95. The Hall–Kier alpha value is -1.55. The molecule has 1 aliphatic heterocycles. The van der Waals surface area contributed by atoms with Crippen molar-refractivity contribution in [1.82, 2.24) is 5.32 Å². The van der Waals surface area contributed by atoms with Crippen LogP contribution in [0.3, 0.4) is 0 Å². The van der Waals surface area contributed by atoms with Crippen LogP contribution < -0.4 is 15.4 Å². The van der Waals surface area contributed by atoms with Gasteiger partial charge < -0.3 is 15.4 Å². The third-order valence-corrected chi connectivity index (χ3v) is 3.33. The number of rotatable bonds is 4. The summed E-state index contributed by atoms with van der Waals surface area (Å²) in [6.45, 7) is 7.40. The van der Waals surface area contributed by atoms with E-state index in [0.29, 0.717) is 0 Å². The summed E-state index contributed by atoms with van der Waals surface area (Å²) in [6.07, 6.45) is 1.07. The fourth-order valence-electron chi connectivity index (χ4n) is 1.71.